The van der Waals surface area contributed by atoms with E-state index in [1.165, 1.54) is 23.3 Å². The standard InChI is InChI=1S/C8H13N2O3S/c1-3-7-13-14(11,12)10-6-5-9(4-2)8-10/h4-6,8H,2-3,7H2,1H3/q+1. The van der Waals surface area contributed by atoms with Gasteiger partial charge in [0.15, 0.2) is 0 Å². The van der Waals surface area contributed by atoms with Crippen LogP contribution in [0.3, 0.4) is 0 Å². The summed E-state index contributed by atoms with van der Waals surface area (Å²) in [6.07, 6.45) is 6.48. The van der Waals surface area contributed by atoms with Crippen LogP contribution in [0.2, 0.25) is 0 Å². The van der Waals surface area contributed by atoms with Gasteiger partial charge in [0.05, 0.1) is 12.8 Å². The maximum absolute atomic E-state index is 11.4. The molecule has 1 heterocycles. The van der Waals surface area contributed by atoms with Crippen LogP contribution in [-0.2, 0) is 14.5 Å². The molecule has 0 aliphatic carbocycles. The van der Waals surface area contributed by atoms with Gasteiger partial charge in [0, 0.05) is 0 Å². The van der Waals surface area contributed by atoms with Gasteiger partial charge in [0.2, 0.25) is 0 Å². The van der Waals surface area contributed by atoms with Crippen LogP contribution in [0, 0.1) is 0 Å². The summed E-state index contributed by atoms with van der Waals surface area (Å²) in [5.41, 5.74) is 0. The van der Waals surface area contributed by atoms with Crippen molar-refractivity contribution in [1.29, 1.82) is 0 Å². The van der Waals surface area contributed by atoms with E-state index in [9.17, 15) is 8.42 Å². The zero-order valence-electron chi connectivity index (χ0n) is 7.96. The predicted octanol–water partition coefficient (Wildman–Crippen LogP) is 0.396. The third kappa shape index (κ3) is 2.43. The van der Waals surface area contributed by atoms with Gasteiger partial charge >= 0.3 is 10.3 Å². The lowest BCUT2D eigenvalue weighted by atomic mass is 10.5. The number of hydrogen-bond donors (Lipinski definition) is 0. The van der Waals surface area contributed by atoms with Gasteiger partial charge in [-0.25, -0.2) is 8.75 Å². The fraction of sp³-hybridized carbons (Fsp3) is 0.375. The second-order valence-corrected chi connectivity index (χ2v) is 4.17. The van der Waals surface area contributed by atoms with Crippen molar-refractivity contribution in [1.82, 2.24) is 4.57 Å². The lowest BCUT2D eigenvalue weighted by Crippen LogP contribution is -2.42. The minimum absolute atomic E-state index is 0.189. The molecule has 0 saturated carbocycles. The van der Waals surface area contributed by atoms with Gasteiger partial charge in [-0.3, -0.25) is 0 Å². The van der Waals surface area contributed by atoms with Crippen molar-refractivity contribution in [2.75, 3.05) is 6.61 Å². The van der Waals surface area contributed by atoms with E-state index in [-0.39, 0.29) is 6.61 Å². The molecule has 5 nitrogen and oxygen atoms in total. The van der Waals surface area contributed by atoms with Gasteiger partial charge in [0.1, 0.15) is 12.4 Å². The van der Waals surface area contributed by atoms with E-state index in [1.807, 2.05) is 6.92 Å². The van der Waals surface area contributed by atoms with Crippen LogP contribution in [0.15, 0.2) is 25.3 Å². The van der Waals surface area contributed by atoms with Gasteiger partial charge in [-0.05, 0) is 6.42 Å². The number of hydrogen-bond acceptors (Lipinski definition) is 3. The average molecular weight is 217 g/mol. The summed E-state index contributed by atoms with van der Waals surface area (Å²) >= 11 is 0. The average Bonchev–Trinajstić information content (AvgIpc) is 2.63. The molecular formula is C8H13N2O3S+. The molecule has 1 aromatic rings. The predicted molar refractivity (Wildman–Crippen MR) is 51.6 cm³/mol. The fourth-order valence-corrected chi connectivity index (χ4v) is 1.77. The molecular weight excluding hydrogens is 204 g/mol. The molecule has 1 aromatic heterocycles. The number of imidazole rings is 1. The van der Waals surface area contributed by atoms with Crippen molar-refractivity contribution in [2.45, 2.75) is 13.3 Å². The molecule has 1 rings (SSSR count). The molecule has 0 bridgehead atoms. The minimum atomic E-state index is -3.66. The summed E-state index contributed by atoms with van der Waals surface area (Å²) in [4.78, 5) is 0. The summed E-state index contributed by atoms with van der Waals surface area (Å²) < 4.78 is 30.1. The van der Waals surface area contributed by atoms with Crippen molar-refractivity contribution >= 4 is 16.5 Å². The summed E-state index contributed by atoms with van der Waals surface area (Å²) in [6, 6.07) is 0. The van der Waals surface area contributed by atoms with Crippen LogP contribution in [0.5, 0.6) is 0 Å². The van der Waals surface area contributed by atoms with E-state index in [4.69, 9.17) is 4.18 Å². The van der Waals surface area contributed by atoms with E-state index in [0.717, 1.165) is 3.97 Å². The molecule has 0 fully saturated rings. The molecule has 14 heavy (non-hydrogen) atoms. The Morgan fingerprint density at radius 3 is 2.86 bits per heavy atom. The molecule has 0 unspecified atom stereocenters. The van der Waals surface area contributed by atoms with Crippen molar-refractivity contribution in [3.05, 3.63) is 25.3 Å². The van der Waals surface area contributed by atoms with E-state index < -0.39 is 10.3 Å². The molecule has 0 aliphatic rings. The Bertz CT molecular complexity index is 408. The number of nitrogens with zero attached hydrogens (tertiary/aromatic N) is 2. The molecule has 0 spiro atoms. The van der Waals surface area contributed by atoms with Crippen LogP contribution in [0.1, 0.15) is 13.3 Å². The van der Waals surface area contributed by atoms with Crippen LogP contribution in [0.4, 0.5) is 0 Å². The normalized spacial score (nSPS) is 11.5. The summed E-state index contributed by atoms with van der Waals surface area (Å²) in [5.74, 6) is 0. The Morgan fingerprint density at radius 1 is 1.64 bits per heavy atom. The highest BCUT2D eigenvalue weighted by Gasteiger charge is 2.19. The Morgan fingerprint density at radius 2 is 2.36 bits per heavy atom. The molecule has 78 valence electrons. The summed E-state index contributed by atoms with van der Waals surface area (Å²) in [6.45, 7) is 5.53. The Labute approximate surface area is 83.5 Å². The van der Waals surface area contributed by atoms with E-state index in [1.54, 1.807) is 6.20 Å². The first-order valence-corrected chi connectivity index (χ1v) is 5.58. The molecule has 0 saturated heterocycles. The maximum atomic E-state index is 11.4. The van der Waals surface area contributed by atoms with Crippen LogP contribution < -0.4 is 3.97 Å². The molecule has 0 radical (unpaired) electrons. The molecule has 6 heteroatoms. The van der Waals surface area contributed by atoms with Crippen LogP contribution in [-0.4, -0.2) is 19.6 Å². The molecule has 0 aliphatic heterocycles. The minimum Gasteiger partial charge on any atom is -0.236 e. The van der Waals surface area contributed by atoms with E-state index in [0.29, 0.717) is 6.42 Å². The van der Waals surface area contributed by atoms with Crippen LogP contribution in [0.25, 0.3) is 6.20 Å². The second-order valence-electron chi connectivity index (χ2n) is 2.65. The first-order chi connectivity index (χ1) is 6.60. The molecule has 0 amide bonds. The summed E-state index contributed by atoms with van der Waals surface area (Å²) in [5, 5.41) is 0. The molecule has 0 aromatic carbocycles. The zero-order chi connectivity index (χ0) is 10.6. The van der Waals surface area contributed by atoms with Crippen molar-refractivity contribution in [2.24, 2.45) is 0 Å². The third-order valence-corrected chi connectivity index (χ3v) is 2.74. The maximum Gasteiger partial charge on any atom is 0.441 e. The van der Waals surface area contributed by atoms with Gasteiger partial charge in [-0.1, -0.05) is 13.5 Å². The highest BCUT2D eigenvalue weighted by molar-refractivity contribution is 7.80. The van der Waals surface area contributed by atoms with E-state index >= 15 is 0 Å². The van der Waals surface area contributed by atoms with E-state index in [2.05, 4.69) is 6.58 Å². The van der Waals surface area contributed by atoms with Gasteiger partial charge < -0.3 is 0 Å². The summed E-state index contributed by atoms with van der Waals surface area (Å²) in [7, 11) is -3.66. The molecule has 0 atom stereocenters. The highest BCUT2D eigenvalue weighted by Crippen LogP contribution is 1.92. The highest BCUT2D eigenvalue weighted by atomic mass is 32.2. The molecule has 0 N–H and O–H groups in total. The van der Waals surface area contributed by atoms with Crippen molar-refractivity contribution < 1.29 is 16.6 Å². The second kappa shape index (κ2) is 4.39. The number of aromatic nitrogens is 2. The Kier molecular flexibility index (Phi) is 3.43. The monoisotopic (exact) mass is 217 g/mol. The Hall–Kier alpha value is -1.14. The zero-order valence-corrected chi connectivity index (χ0v) is 8.77. The van der Waals surface area contributed by atoms with Gasteiger partial charge in [0.25, 0.3) is 6.33 Å². The fourth-order valence-electron chi connectivity index (χ4n) is 0.841. The Balaban J connectivity index is 2.87. The van der Waals surface area contributed by atoms with Gasteiger partial charge in [-0.2, -0.15) is 8.42 Å². The SMILES string of the molecule is C=Cn1cc[n+](S(=O)(=O)OCCC)c1. The van der Waals surface area contributed by atoms with Crippen molar-refractivity contribution in [3.8, 4) is 0 Å². The topological polar surface area (TPSA) is 52.2 Å². The lowest BCUT2D eigenvalue weighted by Gasteiger charge is -1.97. The third-order valence-electron chi connectivity index (χ3n) is 1.54. The van der Waals surface area contributed by atoms with Crippen LogP contribution >= 0.6 is 0 Å². The smallest absolute Gasteiger partial charge is 0.236 e. The first-order valence-electron chi connectivity index (χ1n) is 4.21. The first kappa shape index (κ1) is 10.9. The largest absolute Gasteiger partial charge is 0.441 e. The van der Waals surface area contributed by atoms with Crippen molar-refractivity contribution in [3.63, 3.8) is 0 Å². The number of rotatable bonds is 5. The van der Waals surface area contributed by atoms with Gasteiger partial charge in [-0.15, -0.1) is 3.97 Å². The lowest BCUT2D eigenvalue weighted by molar-refractivity contribution is -0.519. The quantitative estimate of drug-likeness (QED) is 0.671.